The molecular formula is C31H26N6O10. The fourth-order valence-electron chi connectivity index (χ4n) is 4.80. The first kappa shape index (κ1) is 30.6. The number of nitrogens with one attached hydrogen (secondary N) is 1. The van der Waals surface area contributed by atoms with Crippen LogP contribution in [0.3, 0.4) is 0 Å². The van der Waals surface area contributed by atoms with Crippen LogP contribution in [-0.4, -0.2) is 50.4 Å². The van der Waals surface area contributed by atoms with Gasteiger partial charge in [-0.2, -0.15) is 4.98 Å². The van der Waals surface area contributed by atoms with Gasteiger partial charge in [0.25, 0.3) is 11.7 Å². The normalized spacial score (nSPS) is 11.0. The van der Waals surface area contributed by atoms with Crippen molar-refractivity contribution in [3.63, 3.8) is 0 Å². The Bertz CT molecular complexity index is 2110. The number of hydrogen-bond donors (Lipinski definition) is 1. The predicted octanol–water partition coefficient (Wildman–Crippen LogP) is 3.89. The van der Waals surface area contributed by atoms with Gasteiger partial charge in [0.1, 0.15) is 0 Å². The molecule has 0 radical (unpaired) electrons. The predicted molar refractivity (Wildman–Crippen MR) is 160 cm³/mol. The maximum atomic E-state index is 13.2. The molecule has 0 aliphatic heterocycles. The number of rotatable bonds is 11. The largest absolute Gasteiger partial charge is 0.511 e. The molecule has 0 atom stereocenters. The minimum absolute atomic E-state index is 0.113. The van der Waals surface area contributed by atoms with Gasteiger partial charge in [-0.3, -0.25) is 18.7 Å². The van der Waals surface area contributed by atoms with Crippen LogP contribution < -0.4 is 15.4 Å². The fraction of sp³-hybridized carbons (Fsp3) is 0.194. The Morgan fingerprint density at radius 1 is 0.979 bits per heavy atom. The van der Waals surface area contributed by atoms with E-state index >= 15 is 0 Å². The van der Waals surface area contributed by atoms with Crippen molar-refractivity contribution in [3.8, 4) is 28.5 Å². The molecule has 0 unspecified atom stereocenters. The van der Waals surface area contributed by atoms with E-state index < -0.39 is 24.7 Å². The van der Waals surface area contributed by atoms with Gasteiger partial charge in [-0.25, -0.2) is 14.4 Å². The summed E-state index contributed by atoms with van der Waals surface area (Å²) in [6, 6.07) is 20.4. The van der Waals surface area contributed by atoms with E-state index in [9.17, 15) is 19.6 Å². The molecule has 16 heteroatoms. The van der Waals surface area contributed by atoms with Crippen LogP contribution in [0, 0.1) is 12.1 Å². The second kappa shape index (κ2) is 13.3. The summed E-state index contributed by atoms with van der Waals surface area (Å²) in [5, 5.41) is 18.6. The zero-order valence-corrected chi connectivity index (χ0v) is 25.0. The summed E-state index contributed by atoms with van der Waals surface area (Å²) in [7, 11) is 0. The van der Waals surface area contributed by atoms with Crippen molar-refractivity contribution in [3.05, 3.63) is 105 Å². The molecule has 0 saturated carbocycles. The number of fused-ring (bicyclic) bond motifs is 1. The van der Waals surface area contributed by atoms with Gasteiger partial charge in [-0.05, 0) is 40.6 Å². The Hall–Kier alpha value is -6.45. The van der Waals surface area contributed by atoms with Crippen molar-refractivity contribution in [2.24, 2.45) is 0 Å². The number of aromatic nitrogens is 6. The number of aromatic amines is 1. The lowest BCUT2D eigenvalue weighted by Gasteiger charge is -2.13. The standard InChI is InChI=1S/C31H26N6O10/c1-3-42-29-32-24-10-6-9-23(28(38)44-17-45-31(40)43-16-25-18(2)37(41)47-34-25)26(24)36(29)15-19-11-13-20(14-12-19)21-7-4-5-8-22(21)27-33-30(39)46-35-27/h4-14H,3,15-17H2,1-2H3,(H,33,35,39). The second-order valence-corrected chi connectivity index (χ2v) is 9.97. The maximum Gasteiger partial charge on any atom is 0.511 e. The van der Waals surface area contributed by atoms with Crippen LogP contribution in [0.15, 0.2) is 80.7 Å². The highest BCUT2D eigenvalue weighted by Gasteiger charge is 2.22. The Labute approximate surface area is 264 Å². The summed E-state index contributed by atoms with van der Waals surface area (Å²) >= 11 is 0. The number of ether oxygens (including phenoxy) is 4. The molecule has 0 amide bonds. The third kappa shape index (κ3) is 6.51. The van der Waals surface area contributed by atoms with E-state index in [-0.39, 0.29) is 28.5 Å². The second-order valence-electron chi connectivity index (χ2n) is 9.97. The van der Waals surface area contributed by atoms with Crippen molar-refractivity contribution in [2.75, 3.05) is 13.4 Å². The summed E-state index contributed by atoms with van der Waals surface area (Å²) in [5.41, 5.74) is 4.66. The molecule has 1 N–H and O–H groups in total. The van der Waals surface area contributed by atoms with E-state index in [4.69, 9.17) is 18.9 Å². The third-order valence-electron chi connectivity index (χ3n) is 7.06. The van der Waals surface area contributed by atoms with E-state index in [2.05, 4.69) is 29.4 Å². The number of carbonyl (C=O) groups excluding carboxylic acids is 2. The van der Waals surface area contributed by atoms with Gasteiger partial charge < -0.3 is 24.2 Å². The van der Waals surface area contributed by atoms with Crippen molar-refractivity contribution in [2.45, 2.75) is 27.0 Å². The molecule has 0 spiro atoms. The van der Waals surface area contributed by atoms with Crippen LogP contribution in [0.4, 0.5) is 4.79 Å². The SMILES string of the molecule is CCOc1nc2cccc(C(=O)OCOC(=O)OCc3no[n+]([O-])c3C)c2n1Cc1ccc(-c2ccccc2-c2noc(=O)[nH]2)cc1. The van der Waals surface area contributed by atoms with Gasteiger partial charge >= 0.3 is 17.9 Å². The minimum Gasteiger partial charge on any atom is -0.465 e. The molecular weight excluding hydrogens is 616 g/mol. The van der Waals surface area contributed by atoms with Gasteiger partial charge in [0.15, 0.2) is 18.1 Å². The van der Waals surface area contributed by atoms with Crippen LogP contribution in [0.2, 0.25) is 0 Å². The monoisotopic (exact) mass is 642 g/mol. The first-order valence-corrected chi connectivity index (χ1v) is 14.2. The average molecular weight is 643 g/mol. The molecule has 6 rings (SSSR count). The maximum absolute atomic E-state index is 13.2. The molecule has 0 bridgehead atoms. The molecule has 3 heterocycles. The molecule has 6 aromatic rings. The topological polar surface area (TPSA) is 201 Å². The molecule has 3 aromatic heterocycles. The zero-order valence-electron chi connectivity index (χ0n) is 25.0. The molecule has 0 saturated heterocycles. The summed E-state index contributed by atoms with van der Waals surface area (Å²) < 4.78 is 31.6. The minimum atomic E-state index is -1.14. The van der Waals surface area contributed by atoms with E-state index in [1.807, 2.05) is 55.5 Å². The van der Waals surface area contributed by atoms with Gasteiger partial charge in [0, 0.05) is 17.6 Å². The highest BCUT2D eigenvalue weighted by Crippen LogP contribution is 2.31. The number of benzene rings is 3. The number of carbonyl (C=O) groups is 2. The smallest absolute Gasteiger partial charge is 0.465 e. The number of H-pyrrole nitrogens is 1. The van der Waals surface area contributed by atoms with Crippen LogP contribution in [0.1, 0.15) is 34.2 Å². The quantitative estimate of drug-likeness (QED) is 0.121. The lowest BCUT2D eigenvalue weighted by Crippen LogP contribution is -2.26. The molecule has 0 aliphatic carbocycles. The fourth-order valence-corrected chi connectivity index (χ4v) is 4.80. The van der Waals surface area contributed by atoms with Crippen LogP contribution in [0.25, 0.3) is 33.5 Å². The van der Waals surface area contributed by atoms with Crippen LogP contribution in [-0.2, 0) is 27.4 Å². The highest BCUT2D eigenvalue weighted by atomic mass is 16.8. The van der Waals surface area contributed by atoms with E-state index in [1.54, 1.807) is 22.8 Å². The Morgan fingerprint density at radius 2 is 1.77 bits per heavy atom. The first-order valence-electron chi connectivity index (χ1n) is 14.2. The molecule has 0 fully saturated rings. The van der Waals surface area contributed by atoms with E-state index in [0.29, 0.717) is 41.6 Å². The van der Waals surface area contributed by atoms with Crippen molar-refractivity contribution < 1.29 is 42.6 Å². The zero-order chi connectivity index (χ0) is 32.9. The van der Waals surface area contributed by atoms with Crippen LogP contribution >= 0.6 is 0 Å². The summed E-state index contributed by atoms with van der Waals surface area (Å²) in [6.07, 6.45) is -1.14. The van der Waals surface area contributed by atoms with Crippen LogP contribution in [0.5, 0.6) is 6.01 Å². The van der Waals surface area contributed by atoms with Crippen molar-refractivity contribution in [1.29, 1.82) is 0 Å². The van der Waals surface area contributed by atoms with E-state index in [0.717, 1.165) is 16.7 Å². The molecule has 240 valence electrons. The average Bonchev–Trinajstić information content (AvgIpc) is 3.77. The lowest BCUT2D eigenvalue weighted by atomic mass is 9.98. The third-order valence-corrected chi connectivity index (χ3v) is 7.06. The number of para-hydroxylation sites is 1. The van der Waals surface area contributed by atoms with Crippen molar-refractivity contribution >= 4 is 23.2 Å². The number of hydrogen-bond acceptors (Lipinski definition) is 13. The highest BCUT2D eigenvalue weighted by molar-refractivity contribution is 6.02. The van der Waals surface area contributed by atoms with Gasteiger partial charge in [-0.1, -0.05) is 59.8 Å². The lowest BCUT2D eigenvalue weighted by molar-refractivity contribution is -0.806. The molecule has 3 aromatic carbocycles. The first-order chi connectivity index (χ1) is 22.8. The Kier molecular flexibility index (Phi) is 8.63. The van der Waals surface area contributed by atoms with Gasteiger partial charge in [-0.15, -0.1) is 0 Å². The Balaban J connectivity index is 1.19. The molecule has 47 heavy (non-hydrogen) atoms. The van der Waals surface area contributed by atoms with E-state index in [1.165, 1.54) is 6.92 Å². The number of nitrogens with zero attached hydrogens (tertiary/aromatic N) is 5. The number of esters is 1. The summed E-state index contributed by atoms with van der Waals surface area (Å²) in [5.74, 6) is -1.09. The van der Waals surface area contributed by atoms with Gasteiger partial charge in [0.05, 0.1) is 29.7 Å². The summed E-state index contributed by atoms with van der Waals surface area (Å²) in [6.45, 7) is 2.80. The summed E-state index contributed by atoms with van der Waals surface area (Å²) in [4.78, 5) is 44.0. The Morgan fingerprint density at radius 3 is 2.47 bits per heavy atom. The van der Waals surface area contributed by atoms with Crippen molar-refractivity contribution in [1.82, 2.24) is 24.8 Å². The molecule has 16 nitrogen and oxygen atoms in total. The number of imidazole rings is 1. The molecule has 0 aliphatic rings. The van der Waals surface area contributed by atoms with Gasteiger partial charge in [0.2, 0.25) is 6.79 Å².